The van der Waals surface area contributed by atoms with Crippen LogP contribution >= 0.6 is 0 Å². The molecule has 4 nitrogen and oxygen atoms in total. The minimum atomic E-state index is -0.415. The topological polar surface area (TPSA) is 55.6 Å². The maximum absolute atomic E-state index is 11.3. The zero-order valence-corrected chi connectivity index (χ0v) is 8.81. The highest BCUT2D eigenvalue weighted by molar-refractivity contribution is 5.89. The van der Waals surface area contributed by atoms with Gasteiger partial charge < -0.3 is 15.4 Å². The van der Waals surface area contributed by atoms with Crippen LogP contribution in [0.15, 0.2) is 24.3 Å². The first-order valence-corrected chi connectivity index (χ1v) is 4.81. The zero-order chi connectivity index (χ0) is 11.0. The fraction of sp³-hybridized carbons (Fsp3) is 0.364. The first kappa shape index (κ1) is 9.98. The molecule has 1 fully saturated rings. The van der Waals surface area contributed by atoms with E-state index < -0.39 is 6.04 Å². The molecule has 1 amide bonds. The number of amides is 1. The number of carbonyl (C=O) groups is 1. The molecule has 2 atom stereocenters. The van der Waals surface area contributed by atoms with E-state index in [0.717, 1.165) is 11.3 Å². The minimum absolute atomic E-state index is 0.0113. The lowest BCUT2D eigenvalue weighted by atomic mass is 9.90. The molecule has 0 unspecified atom stereocenters. The normalized spacial score (nSPS) is 25.0. The average molecular weight is 206 g/mol. The molecule has 0 aliphatic carbocycles. The highest BCUT2D eigenvalue weighted by Crippen LogP contribution is 2.33. The van der Waals surface area contributed by atoms with Crippen LogP contribution in [0.25, 0.3) is 0 Å². The zero-order valence-electron chi connectivity index (χ0n) is 8.81. The lowest BCUT2D eigenvalue weighted by Crippen LogP contribution is -2.61. The number of rotatable bonds is 2. The largest absolute Gasteiger partial charge is 0.497 e. The quantitative estimate of drug-likeness (QED) is 0.718. The Morgan fingerprint density at radius 1 is 1.47 bits per heavy atom. The summed E-state index contributed by atoms with van der Waals surface area (Å²) in [7, 11) is 3.38. The molecule has 0 spiro atoms. The molecule has 2 rings (SSSR count). The van der Waals surface area contributed by atoms with Crippen molar-refractivity contribution < 1.29 is 9.53 Å². The molecule has 1 saturated heterocycles. The molecule has 4 heteroatoms. The van der Waals surface area contributed by atoms with E-state index in [1.54, 1.807) is 19.1 Å². The molecule has 1 aromatic rings. The first-order chi connectivity index (χ1) is 7.15. The van der Waals surface area contributed by atoms with E-state index >= 15 is 0 Å². The second kappa shape index (κ2) is 3.55. The van der Waals surface area contributed by atoms with Crippen LogP contribution in [0.1, 0.15) is 11.6 Å². The Morgan fingerprint density at radius 2 is 2.20 bits per heavy atom. The van der Waals surface area contributed by atoms with E-state index in [-0.39, 0.29) is 11.9 Å². The third-order valence-electron chi connectivity index (χ3n) is 2.83. The van der Waals surface area contributed by atoms with Gasteiger partial charge in [-0.3, -0.25) is 4.79 Å². The molecule has 1 aromatic carbocycles. The lowest BCUT2D eigenvalue weighted by Gasteiger charge is -2.43. The van der Waals surface area contributed by atoms with E-state index in [4.69, 9.17) is 10.5 Å². The number of benzene rings is 1. The van der Waals surface area contributed by atoms with Gasteiger partial charge >= 0.3 is 0 Å². The van der Waals surface area contributed by atoms with Crippen LogP contribution in [0.2, 0.25) is 0 Å². The number of methoxy groups -OCH3 is 1. The molecule has 1 aliphatic rings. The van der Waals surface area contributed by atoms with Crippen LogP contribution in [-0.4, -0.2) is 31.0 Å². The van der Waals surface area contributed by atoms with Crippen LogP contribution < -0.4 is 10.5 Å². The Morgan fingerprint density at radius 3 is 2.80 bits per heavy atom. The number of hydrogen-bond donors (Lipinski definition) is 1. The molecule has 15 heavy (non-hydrogen) atoms. The van der Waals surface area contributed by atoms with Crippen molar-refractivity contribution in [1.82, 2.24) is 4.90 Å². The van der Waals surface area contributed by atoms with Crippen molar-refractivity contribution in [1.29, 1.82) is 0 Å². The molecule has 0 bridgehead atoms. The summed E-state index contributed by atoms with van der Waals surface area (Å²) in [6.07, 6.45) is 0. The predicted molar refractivity (Wildman–Crippen MR) is 56.5 cm³/mol. The molecular formula is C11H14N2O2. The molecule has 80 valence electrons. The molecule has 1 heterocycles. The summed E-state index contributed by atoms with van der Waals surface area (Å²) in [6.45, 7) is 0. The molecule has 1 aliphatic heterocycles. The number of nitrogens with two attached hydrogens (primary N) is 1. The summed E-state index contributed by atoms with van der Waals surface area (Å²) in [5.74, 6) is 0.773. The van der Waals surface area contributed by atoms with Gasteiger partial charge in [-0.1, -0.05) is 12.1 Å². The van der Waals surface area contributed by atoms with Gasteiger partial charge in [0, 0.05) is 7.05 Å². The smallest absolute Gasteiger partial charge is 0.242 e. The Hall–Kier alpha value is -1.55. The van der Waals surface area contributed by atoms with Crippen molar-refractivity contribution in [2.24, 2.45) is 5.73 Å². The summed E-state index contributed by atoms with van der Waals surface area (Å²) in [5, 5.41) is 0. The summed E-state index contributed by atoms with van der Waals surface area (Å²) in [5.41, 5.74) is 6.77. The predicted octanol–water partition coefficient (Wildman–Crippen LogP) is 0.536. The van der Waals surface area contributed by atoms with Gasteiger partial charge in [0.2, 0.25) is 5.91 Å². The molecule has 2 N–H and O–H groups in total. The number of β-lactam (4-membered cyclic amide) rings is 1. The number of likely N-dealkylation sites (N-methyl/N-ethyl adjacent to an activating group) is 1. The lowest BCUT2D eigenvalue weighted by molar-refractivity contribution is -0.147. The summed E-state index contributed by atoms with van der Waals surface area (Å²) >= 11 is 0. The van der Waals surface area contributed by atoms with E-state index in [0.29, 0.717) is 0 Å². The number of nitrogens with zero attached hydrogens (tertiary/aromatic N) is 1. The fourth-order valence-electron chi connectivity index (χ4n) is 1.92. The SMILES string of the molecule is COc1cccc([C@H]2[C@@H](N)C(=O)N2C)c1. The molecule has 0 aromatic heterocycles. The number of likely N-dealkylation sites (tertiary alicyclic amines) is 1. The summed E-state index contributed by atoms with van der Waals surface area (Å²) in [6, 6.07) is 7.20. The van der Waals surface area contributed by atoms with Crippen molar-refractivity contribution in [2.45, 2.75) is 12.1 Å². The van der Waals surface area contributed by atoms with Crippen LogP contribution in [0.5, 0.6) is 5.75 Å². The average Bonchev–Trinajstić information content (AvgIpc) is 2.29. The molecule has 0 radical (unpaired) electrons. The van der Waals surface area contributed by atoms with Gasteiger partial charge in [0.15, 0.2) is 0 Å². The highest BCUT2D eigenvalue weighted by atomic mass is 16.5. The van der Waals surface area contributed by atoms with Crippen molar-refractivity contribution in [3.05, 3.63) is 29.8 Å². The van der Waals surface area contributed by atoms with Gasteiger partial charge in [-0.25, -0.2) is 0 Å². The Balaban J connectivity index is 2.26. The van der Waals surface area contributed by atoms with Crippen LogP contribution in [-0.2, 0) is 4.79 Å². The van der Waals surface area contributed by atoms with Crippen LogP contribution in [0, 0.1) is 0 Å². The van der Waals surface area contributed by atoms with Crippen molar-refractivity contribution >= 4 is 5.91 Å². The summed E-state index contributed by atoms with van der Waals surface area (Å²) in [4.78, 5) is 12.9. The van der Waals surface area contributed by atoms with Crippen molar-refractivity contribution in [3.8, 4) is 5.75 Å². The van der Waals surface area contributed by atoms with E-state index in [9.17, 15) is 4.79 Å². The van der Waals surface area contributed by atoms with Crippen LogP contribution in [0.3, 0.4) is 0 Å². The number of carbonyl (C=O) groups excluding carboxylic acids is 1. The van der Waals surface area contributed by atoms with E-state index in [2.05, 4.69) is 0 Å². The highest BCUT2D eigenvalue weighted by Gasteiger charge is 2.43. The first-order valence-electron chi connectivity index (χ1n) is 4.81. The Labute approximate surface area is 88.6 Å². The molecule has 0 saturated carbocycles. The van der Waals surface area contributed by atoms with Crippen molar-refractivity contribution in [3.63, 3.8) is 0 Å². The van der Waals surface area contributed by atoms with Gasteiger partial charge in [-0.15, -0.1) is 0 Å². The van der Waals surface area contributed by atoms with E-state index in [1.165, 1.54) is 0 Å². The second-order valence-corrected chi connectivity index (χ2v) is 3.70. The van der Waals surface area contributed by atoms with Gasteiger partial charge in [-0.05, 0) is 17.7 Å². The van der Waals surface area contributed by atoms with Gasteiger partial charge in [0.05, 0.1) is 13.2 Å². The van der Waals surface area contributed by atoms with E-state index in [1.807, 2.05) is 24.3 Å². The second-order valence-electron chi connectivity index (χ2n) is 3.70. The monoisotopic (exact) mass is 206 g/mol. The number of ether oxygens (including phenoxy) is 1. The third kappa shape index (κ3) is 1.47. The Kier molecular flexibility index (Phi) is 2.36. The fourth-order valence-corrected chi connectivity index (χ4v) is 1.92. The standard InChI is InChI=1S/C11H14N2O2/c1-13-10(9(12)11(13)14)7-4-3-5-8(6-7)15-2/h3-6,9-10H,12H2,1-2H3/t9-,10+/m1/s1. The maximum Gasteiger partial charge on any atom is 0.242 e. The maximum atomic E-state index is 11.3. The Bertz CT molecular complexity index is 380. The molecular weight excluding hydrogens is 192 g/mol. The van der Waals surface area contributed by atoms with Gasteiger partial charge in [-0.2, -0.15) is 0 Å². The van der Waals surface area contributed by atoms with Crippen molar-refractivity contribution in [2.75, 3.05) is 14.2 Å². The number of hydrogen-bond acceptors (Lipinski definition) is 3. The van der Waals surface area contributed by atoms with Crippen LogP contribution in [0.4, 0.5) is 0 Å². The van der Waals surface area contributed by atoms with Gasteiger partial charge in [0.25, 0.3) is 0 Å². The van der Waals surface area contributed by atoms with Gasteiger partial charge in [0.1, 0.15) is 11.8 Å². The third-order valence-corrected chi connectivity index (χ3v) is 2.83. The minimum Gasteiger partial charge on any atom is -0.497 e. The summed E-state index contributed by atoms with van der Waals surface area (Å²) < 4.78 is 5.13.